The molecular formula is C26H33N5. The summed E-state index contributed by atoms with van der Waals surface area (Å²) in [6, 6.07) is 15.3. The number of aromatic nitrogens is 3. The summed E-state index contributed by atoms with van der Waals surface area (Å²) in [6.45, 7) is 11.1. The van der Waals surface area contributed by atoms with Crippen LogP contribution in [-0.4, -0.2) is 52.4 Å². The fraction of sp³-hybridized carbons (Fsp3) is 0.462. The summed E-state index contributed by atoms with van der Waals surface area (Å²) in [6.07, 6.45) is 4.44. The van der Waals surface area contributed by atoms with Gasteiger partial charge in [0.15, 0.2) is 5.82 Å². The zero-order valence-electron chi connectivity index (χ0n) is 18.8. The number of aryl methyl sites for hydroxylation is 3. The lowest BCUT2D eigenvalue weighted by atomic mass is 10.0. The van der Waals surface area contributed by atoms with E-state index < -0.39 is 0 Å². The predicted molar refractivity (Wildman–Crippen MR) is 127 cm³/mol. The van der Waals surface area contributed by atoms with Crippen LogP contribution in [0.5, 0.6) is 0 Å². The Hall–Kier alpha value is -2.66. The predicted octanol–water partition coefficient (Wildman–Crippen LogP) is 4.26. The molecule has 3 aromatic rings. The highest BCUT2D eigenvalue weighted by molar-refractivity contribution is 5.61. The van der Waals surface area contributed by atoms with Crippen molar-refractivity contribution in [2.24, 2.45) is 0 Å². The Labute approximate surface area is 185 Å². The van der Waals surface area contributed by atoms with Gasteiger partial charge >= 0.3 is 0 Å². The van der Waals surface area contributed by atoms with E-state index in [0.717, 1.165) is 76.6 Å². The standard InChI is InChI=1S/C26H33N5/c1-20-8-5-12-24(21(20)2)30-18-16-29(17-19-30)14-7-13-25-27-28-26-23-11-4-3-9-22(23)10-6-15-31(25)26/h3-5,8-9,11-12H,6-7,10,13-19H2,1-2H3. The second-order valence-electron chi connectivity index (χ2n) is 9.00. The summed E-state index contributed by atoms with van der Waals surface area (Å²) in [5.41, 5.74) is 6.88. The second-order valence-corrected chi connectivity index (χ2v) is 9.00. The van der Waals surface area contributed by atoms with E-state index in [1.54, 1.807) is 0 Å². The van der Waals surface area contributed by atoms with Gasteiger partial charge in [-0.15, -0.1) is 10.2 Å². The molecule has 5 rings (SSSR count). The van der Waals surface area contributed by atoms with Crippen molar-refractivity contribution in [2.75, 3.05) is 37.6 Å². The molecule has 5 heteroatoms. The fourth-order valence-electron chi connectivity index (χ4n) is 5.09. The minimum absolute atomic E-state index is 1.01. The molecule has 0 N–H and O–H groups in total. The molecule has 0 atom stereocenters. The topological polar surface area (TPSA) is 37.2 Å². The summed E-state index contributed by atoms with van der Waals surface area (Å²) in [7, 11) is 0. The van der Waals surface area contributed by atoms with E-state index in [9.17, 15) is 0 Å². The summed E-state index contributed by atoms with van der Waals surface area (Å²) in [5.74, 6) is 2.21. The van der Waals surface area contributed by atoms with Crippen molar-refractivity contribution in [3.63, 3.8) is 0 Å². The molecule has 2 aromatic carbocycles. The third-order valence-corrected chi connectivity index (χ3v) is 7.08. The summed E-state index contributed by atoms with van der Waals surface area (Å²) >= 11 is 0. The van der Waals surface area contributed by atoms with Gasteiger partial charge in [0, 0.05) is 50.4 Å². The first-order valence-corrected chi connectivity index (χ1v) is 11.7. The molecular weight excluding hydrogens is 382 g/mol. The quantitative estimate of drug-likeness (QED) is 0.624. The molecule has 162 valence electrons. The van der Waals surface area contributed by atoms with Crippen LogP contribution in [0.3, 0.4) is 0 Å². The van der Waals surface area contributed by atoms with Crippen LogP contribution in [0.25, 0.3) is 11.4 Å². The van der Waals surface area contributed by atoms with E-state index in [-0.39, 0.29) is 0 Å². The number of benzene rings is 2. The third kappa shape index (κ3) is 4.11. The van der Waals surface area contributed by atoms with Gasteiger partial charge in [0.25, 0.3) is 0 Å². The zero-order chi connectivity index (χ0) is 21.2. The number of piperazine rings is 1. The number of hydrogen-bond donors (Lipinski definition) is 0. The van der Waals surface area contributed by atoms with E-state index in [4.69, 9.17) is 0 Å². The summed E-state index contributed by atoms with van der Waals surface area (Å²) < 4.78 is 2.37. The van der Waals surface area contributed by atoms with Gasteiger partial charge in [0.05, 0.1) is 0 Å². The summed E-state index contributed by atoms with van der Waals surface area (Å²) in [5, 5.41) is 9.15. The first-order chi connectivity index (χ1) is 15.2. The molecule has 0 unspecified atom stereocenters. The van der Waals surface area contributed by atoms with Crippen LogP contribution in [0.1, 0.15) is 35.4 Å². The molecule has 31 heavy (non-hydrogen) atoms. The van der Waals surface area contributed by atoms with Gasteiger partial charge in [0.1, 0.15) is 5.82 Å². The Balaban J connectivity index is 1.16. The average Bonchev–Trinajstić information content (AvgIpc) is 3.09. The molecule has 1 saturated heterocycles. The van der Waals surface area contributed by atoms with E-state index in [2.05, 4.69) is 80.9 Å². The van der Waals surface area contributed by atoms with Crippen LogP contribution in [0, 0.1) is 13.8 Å². The highest BCUT2D eigenvalue weighted by Gasteiger charge is 2.21. The normalized spacial score (nSPS) is 16.6. The van der Waals surface area contributed by atoms with Gasteiger partial charge in [-0.05, 0) is 62.4 Å². The van der Waals surface area contributed by atoms with Gasteiger partial charge in [-0.3, -0.25) is 4.90 Å². The molecule has 1 aromatic heterocycles. The van der Waals surface area contributed by atoms with Crippen molar-refractivity contribution in [2.45, 2.75) is 46.1 Å². The van der Waals surface area contributed by atoms with Crippen molar-refractivity contribution in [3.8, 4) is 11.4 Å². The van der Waals surface area contributed by atoms with Crippen molar-refractivity contribution >= 4 is 5.69 Å². The molecule has 5 nitrogen and oxygen atoms in total. The number of anilines is 1. The molecule has 0 bridgehead atoms. The van der Waals surface area contributed by atoms with Crippen LogP contribution < -0.4 is 4.90 Å². The minimum atomic E-state index is 1.01. The maximum absolute atomic E-state index is 4.58. The van der Waals surface area contributed by atoms with Crippen LogP contribution in [0.2, 0.25) is 0 Å². The Morgan fingerprint density at radius 3 is 2.58 bits per heavy atom. The number of rotatable bonds is 5. The molecule has 2 aliphatic rings. The van der Waals surface area contributed by atoms with Crippen LogP contribution in [0.15, 0.2) is 42.5 Å². The molecule has 0 amide bonds. The number of hydrogen-bond acceptors (Lipinski definition) is 4. The number of nitrogens with zero attached hydrogens (tertiary/aromatic N) is 5. The summed E-state index contributed by atoms with van der Waals surface area (Å²) in [4.78, 5) is 5.16. The first kappa shape index (κ1) is 20.3. The van der Waals surface area contributed by atoms with E-state index in [0.29, 0.717) is 0 Å². The highest BCUT2D eigenvalue weighted by atomic mass is 15.3. The van der Waals surface area contributed by atoms with Crippen molar-refractivity contribution in [1.29, 1.82) is 0 Å². The Morgan fingerprint density at radius 2 is 1.71 bits per heavy atom. The maximum Gasteiger partial charge on any atom is 0.164 e. The van der Waals surface area contributed by atoms with Crippen molar-refractivity contribution in [3.05, 3.63) is 65.0 Å². The van der Waals surface area contributed by atoms with Gasteiger partial charge in [-0.1, -0.05) is 36.4 Å². The molecule has 0 saturated carbocycles. The monoisotopic (exact) mass is 415 g/mol. The highest BCUT2D eigenvalue weighted by Crippen LogP contribution is 2.28. The Bertz CT molecular complexity index is 1050. The van der Waals surface area contributed by atoms with Gasteiger partial charge in [0.2, 0.25) is 0 Å². The van der Waals surface area contributed by atoms with E-state index in [1.165, 1.54) is 27.9 Å². The molecule has 1 fully saturated rings. The third-order valence-electron chi connectivity index (χ3n) is 7.08. The molecule has 0 aliphatic carbocycles. The molecule has 0 radical (unpaired) electrons. The molecule has 2 aliphatic heterocycles. The Kier molecular flexibility index (Phi) is 5.77. The van der Waals surface area contributed by atoms with Crippen molar-refractivity contribution < 1.29 is 0 Å². The lowest BCUT2D eigenvalue weighted by molar-refractivity contribution is 0.254. The van der Waals surface area contributed by atoms with Crippen LogP contribution >= 0.6 is 0 Å². The van der Waals surface area contributed by atoms with E-state index >= 15 is 0 Å². The van der Waals surface area contributed by atoms with E-state index in [1.807, 2.05) is 0 Å². The fourth-order valence-corrected chi connectivity index (χ4v) is 5.09. The Morgan fingerprint density at radius 1 is 0.871 bits per heavy atom. The average molecular weight is 416 g/mol. The molecule has 3 heterocycles. The second kappa shape index (κ2) is 8.83. The van der Waals surface area contributed by atoms with Crippen LogP contribution in [-0.2, 0) is 19.4 Å². The number of fused-ring (bicyclic) bond motifs is 3. The largest absolute Gasteiger partial charge is 0.369 e. The van der Waals surface area contributed by atoms with Crippen LogP contribution in [0.4, 0.5) is 5.69 Å². The molecule has 0 spiro atoms. The van der Waals surface area contributed by atoms with Gasteiger partial charge in [-0.2, -0.15) is 0 Å². The smallest absolute Gasteiger partial charge is 0.164 e. The lowest BCUT2D eigenvalue weighted by Crippen LogP contribution is -2.47. The maximum atomic E-state index is 4.58. The SMILES string of the molecule is Cc1cccc(N2CCN(CCCc3nnc4n3CCCc3ccccc3-4)CC2)c1C. The lowest BCUT2D eigenvalue weighted by Gasteiger charge is -2.37. The first-order valence-electron chi connectivity index (χ1n) is 11.7. The zero-order valence-corrected chi connectivity index (χ0v) is 18.8. The van der Waals surface area contributed by atoms with Gasteiger partial charge in [-0.25, -0.2) is 0 Å². The van der Waals surface area contributed by atoms with Crippen molar-refractivity contribution in [1.82, 2.24) is 19.7 Å². The van der Waals surface area contributed by atoms with Gasteiger partial charge < -0.3 is 9.47 Å². The minimum Gasteiger partial charge on any atom is -0.369 e.